The van der Waals surface area contributed by atoms with Crippen molar-refractivity contribution >= 4 is 21.9 Å². The molecule has 0 atom stereocenters. The number of imidazole rings is 1. The number of furan rings is 1. The van der Waals surface area contributed by atoms with Crippen LogP contribution in [0.1, 0.15) is 15.5 Å². The number of nitrogens with zero attached hydrogens (tertiary/aromatic N) is 2. The Hall–Kier alpha value is -2.55. The molecule has 0 N–H and O–H groups in total. The van der Waals surface area contributed by atoms with Crippen LogP contribution in [0.15, 0.2) is 53.2 Å². The maximum absolute atomic E-state index is 7.65. The van der Waals surface area contributed by atoms with Gasteiger partial charge in [0, 0.05) is 23.3 Å². The van der Waals surface area contributed by atoms with Crippen LogP contribution in [0.2, 0.25) is 0 Å². The summed E-state index contributed by atoms with van der Waals surface area (Å²) in [5.74, 6) is 0.631. The van der Waals surface area contributed by atoms with Gasteiger partial charge < -0.3 is 4.42 Å². The van der Waals surface area contributed by atoms with Crippen molar-refractivity contribution in [3.8, 4) is 5.69 Å². The molecule has 3 heteroatoms. The monoisotopic (exact) mass is 280 g/mol. The van der Waals surface area contributed by atoms with E-state index < -0.39 is 6.98 Å². The van der Waals surface area contributed by atoms with E-state index in [1.165, 1.54) is 4.57 Å². The highest BCUT2D eigenvalue weighted by atomic mass is 16.3. The molecule has 0 fully saturated rings. The Balaban J connectivity index is 2.07. The van der Waals surface area contributed by atoms with Crippen LogP contribution in [-0.4, -0.2) is 4.57 Å². The third kappa shape index (κ3) is 1.64. The van der Waals surface area contributed by atoms with E-state index in [1.807, 2.05) is 41.8 Å². The number of hydrogen-bond donors (Lipinski definition) is 0. The molecule has 0 bridgehead atoms. The van der Waals surface area contributed by atoms with Crippen LogP contribution in [0.25, 0.3) is 27.6 Å². The molecule has 0 saturated carbocycles. The highest BCUT2D eigenvalue weighted by molar-refractivity contribution is 6.07. The van der Waals surface area contributed by atoms with Crippen LogP contribution in [0.5, 0.6) is 0 Å². The molecule has 0 aliphatic rings. The van der Waals surface area contributed by atoms with Gasteiger partial charge in [-0.1, -0.05) is 24.3 Å². The van der Waals surface area contributed by atoms with Gasteiger partial charge in [-0.25, -0.2) is 4.57 Å². The van der Waals surface area contributed by atoms with Crippen molar-refractivity contribution < 1.29 is 13.1 Å². The summed E-state index contributed by atoms with van der Waals surface area (Å²) in [7, 11) is 0. The Labute approximate surface area is 127 Å². The summed E-state index contributed by atoms with van der Waals surface area (Å²) in [5, 5.41) is 2.09. The normalized spacial score (nSPS) is 14.3. The molecule has 2 aromatic carbocycles. The summed E-state index contributed by atoms with van der Waals surface area (Å²) in [6, 6.07) is 12.0. The SMILES string of the molecule is [2H]C([2H])([2H])[n+]1ccn(-c2c(C)ccc3c2oc2ccccc23)c1C. The van der Waals surface area contributed by atoms with Crippen molar-refractivity contribution in [1.82, 2.24) is 4.57 Å². The van der Waals surface area contributed by atoms with Gasteiger partial charge in [0.05, 0.1) is 11.1 Å². The summed E-state index contributed by atoms with van der Waals surface area (Å²) in [4.78, 5) is 0. The fourth-order valence-electron chi connectivity index (χ4n) is 2.87. The van der Waals surface area contributed by atoms with Crippen molar-refractivity contribution in [1.29, 1.82) is 0 Å². The van der Waals surface area contributed by atoms with Gasteiger partial charge in [-0.2, -0.15) is 4.57 Å². The summed E-state index contributed by atoms with van der Waals surface area (Å²) >= 11 is 0. The van der Waals surface area contributed by atoms with E-state index in [1.54, 1.807) is 19.3 Å². The average Bonchev–Trinajstić information content (AvgIpc) is 3.07. The average molecular weight is 280 g/mol. The number of rotatable bonds is 1. The number of aromatic nitrogens is 2. The maximum atomic E-state index is 7.65. The van der Waals surface area contributed by atoms with E-state index in [2.05, 4.69) is 6.07 Å². The van der Waals surface area contributed by atoms with E-state index >= 15 is 0 Å². The number of aryl methyl sites for hydroxylation is 2. The lowest BCUT2D eigenvalue weighted by molar-refractivity contribution is -0.677. The minimum absolute atomic E-state index is 0.631. The number of para-hydroxylation sites is 1. The first-order valence-electron chi connectivity index (χ1n) is 8.39. The van der Waals surface area contributed by atoms with Gasteiger partial charge in [-0.3, -0.25) is 0 Å². The first-order valence-corrected chi connectivity index (χ1v) is 6.89. The summed E-state index contributed by atoms with van der Waals surface area (Å²) < 4.78 is 32.2. The lowest BCUT2D eigenvalue weighted by Gasteiger charge is -2.04. The van der Waals surface area contributed by atoms with Crippen molar-refractivity contribution in [3.63, 3.8) is 0 Å². The largest absolute Gasteiger partial charge is 0.452 e. The molecule has 0 radical (unpaired) electrons. The minimum Gasteiger partial charge on any atom is -0.452 e. The van der Waals surface area contributed by atoms with Gasteiger partial charge >= 0.3 is 0 Å². The van der Waals surface area contributed by atoms with E-state index in [-0.39, 0.29) is 0 Å². The predicted molar refractivity (Wildman–Crippen MR) is 83.7 cm³/mol. The molecule has 0 amide bonds. The third-order valence-corrected chi connectivity index (χ3v) is 4.03. The zero-order valence-corrected chi connectivity index (χ0v) is 11.9. The van der Waals surface area contributed by atoms with Crippen LogP contribution in [-0.2, 0) is 6.98 Å². The van der Waals surface area contributed by atoms with Gasteiger partial charge in [0.15, 0.2) is 11.3 Å². The van der Waals surface area contributed by atoms with Gasteiger partial charge in [-0.15, -0.1) is 0 Å². The second-order valence-corrected chi connectivity index (χ2v) is 5.29. The highest BCUT2D eigenvalue weighted by Crippen LogP contribution is 2.34. The molecule has 0 aliphatic carbocycles. The van der Waals surface area contributed by atoms with E-state index in [0.717, 1.165) is 33.2 Å². The van der Waals surface area contributed by atoms with Gasteiger partial charge in [0.25, 0.3) is 5.82 Å². The predicted octanol–water partition coefficient (Wildman–Crippen LogP) is 3.82. The Kier molecular flexibility index (Phi) is 1.89. The van der Waals surface area contributed by atoms with Crippen LogP contribution in [0.4, 0.5) is 0 Å². The number of fused-ring (bicyclic) bond motifs is 3. The summed E-state index contributed by atoms with van der Waals surface area (Å²) in [5.41, 5.74) is 3.50. The number of benzene rings is 2. The van der Waals surface area contributed by atoms with E-state index in [9.17, 15) is 0 Å². The quantitative estimate of drug-likeness (QED) is 0.486. The van der Waals surface area contributed by atoms with E-state index in [0.29, 0.717) is 5.82 Å². The fourth-order valence-corrected chi connectivity index (χ4v) is 2.87. The van der Waals surface area contributed by atoms with E-state index in [4.69, 9.17) is 8.53 Å². The molecule has 0 saturated heterocycles. The lowest BCUT2D eigenvalue weighted by atomic mass is 10.1. The molecule has 4 rings (SSSR count). The van der Waals surface area contributed by atoms with Crippen molar-refractivity contribution in [2.75, 3.05) is 0 Å². The zero-order chi connectivity index (χ0) is 17.1. The molecule has 2 aromatic heterocycles. The molecule has 0 unspecified atom stereocenters. The first-order chi connectivity index (χ1) is 11.4. The molecule has 3 nitrogen and oxygen atoms in total. The Bertz CT molecular complexity index is 1070. The van der Waals surface area contributed by atoms with Crippen LogP contribution < -0.4 is 4.57 Å². The molecule has 0 spiro atoms. The fraction of sp³-hybridized carbons (Fsp3) is 0.167. The Morgan fingerprint density at radius 3 is 2.76 bits per heavy atom. The first kappa shape index (κ1) is 9.40. The van der Waals surface area contributed by atoms with Crippen LogP contribution in [0.3, 0.4) is 0 Å². The molecular formula is C18H17N2O+. The minimum atomic E-state index is -2.20. The molecular weight excluding hydrogens is 260 g/mol. The van der Waals surface area contributed by atoms with Crippen molar-refractivity contribution in [2.24, 2.45) is 6.98 Å². The Morgan fingerprint density at radius 2 is 1.95 bits per heavy atom. The smallest absolute Gasteiger partial charge is 0.258 e. The standard InChI is InChI=1S/C18H17N2O/c1-12-8-9-15-14-6-4-5-7-16(14)21-18(15)17(12)20-11-10-19(3)13(20)2/h4-11H,1-3H3/q+1/i3D3. The summed E-state index contributed by atoms with van der Waals surface area (Å²) in [6.07, 6.45) is 3.36. The zero-order valence-electron chi connectivity index (χ0n) is 14.9. The lowest BCUT2D eigenvalue weighted by Crippen LogP contribution is -2.29. The third-order valence-electron chi connectivity index (χ3n) is 4.03. The second-order valence-electron chi connectivity index (χ2n) is 5.29. The molecule has 104 valence electrons. The van der Waals surface area contributed by atoms with Crippen molar-refractivity contribution in [3.05, 3.63) is 60.2 Å². The second kappa shape index (κ2) is 4.22. The molecule has 0 aliphatic heterocycles. The van der Waals surface area contributed by atoms with Gasteiger partial charge in [-0.05, 0) is 19.1 Å². The summed E-state index contributed by atoms with van der Waals surface area (Å²) in [6.45, 7) is 1.60. The van der Waals surface area contributed by atoms with Crippen LogP contribution in [0, 0.1) is 13.8 Å². The number of hydrogen-bond acceptors (Lipinski definition) is 1. The molecule has 2 heterocycles. The molecule has 4 aromatic rings. The van der Waals surface area contributed by atoms with Crippen LogP contribution >= 0.6 is 0 Å². The van der Waals surface area contributed by atoms with Gasteiger partial charge in [0.2, 0.25) is 0 Å². The molecule has 21 heavy (non-hydrogen) atoms. The Morgan fingerprint density at radius 1 is 1.10 bits per heavy atom. The topological polar surface area (TPSA) is 21.9 Å². The van der Waals surface area contributed by atoms with Gasteiger partial charge in [0.1, 0.15) is 18.0 Å². The highest BCUT2D eigenvalue weighted by Gasteiger charge is 2.20. The maximum Gasteiger partial charge on any atom is 0.258 e. The van der Waals surface area contributed by atoms with Crippen molar-refractivity contribution in [2.45, 2.75) is 13.8 Å².